The number of hydrogen-bond acceptors (Lipinski definition) is 5. The lowest BCUT2D eigenvalue weighted by Crippen LogP contribution is -2.38. The van der Waals surface area contributed by atoms with E-state index in [0.717, 1.165) is 30.2 Å². The molecule has 2 heterocycles. The summed E-state index contributed by atoms with van der Waals surface area (Å²) in [5.41, 5.74) is 1.43. The maximum Gasteiger partial charge on any atom is 0.276 e. The van der Waals surface area contributed by atoms with Gasteiger partial charge in [-0.1, -0.05) is 17.3 Å². The van der Waals surface area contributed by atoms with Crippen LogP contribution in [0, 0.1) is 5.82 Å². The van der Waals surface area contributed by atoms with Gasteiger partial charge in [-0.15, -0.1) is 5.10 Å². The minimum atomic E-state index is -0.231. The van der Waals surface area contributed by atoms with E-state index in [1.165, 1.54) is 12.1 Å². The molecule has 1 N–H and O–H groups in total. The second kappa shape index (κ2) is 8.25. The maximum absolute atomic E-state index is 12.8. The van der Waals surface area contributed by atoms with Gasteiger partial charge >= 0.3 is 0 Å². The van der Waals surface area contributed by atoms with Crippen molar-refractivity contribution in [3.8, 4) is 0 Å². The summed E-state index contributed by atoms with van der Waals surface area (Å²) in [5.74, 6) is 1.69. The number of carbonyl (C=O) groups is 1. The first kappa shape index (κ1) is 16.9. The lowest BCUT2D eigenvalue weighted by atomic mass is 10.2. The van der Waals surface area contributed by atoms with Crippen LogP contribution in [-0.4, -0.2) is 56.9 Å². The van der Waals surface area contributed by atoms with Gasteiger partial charge in [0.05, 0.1) is 12.7 Å². The molecule has 8 heteroatoms. The summed E-state index contributed by atoms with van der Waals surface area (Å²) >= 11 is 1.86. The highest BCUT2D eigenvalue weighted by Crippen LogP contribution is 2.11. The van der Waals surface area contributed by atoms with Crippen molar-refractivity contribution in [2.75, 3.05) is 31.1 Å². The van der Waals surface area contributed by atoms with Crippen LogP contribution in [0.5, 0.6) is 0 Å². The molecule has 1 aliphatic heterocycles. The lowest BCUT2D eigenvalue weighted by molar-refractivity contribution is 0.0766. The molecule has 0 spiro atoms. The third-order valence-electron chi connectivity index (χ3n) is 3.82. The molecule has 24 heavy (non-hydrogen) atoms. The third kappa shape index (κ3) is 4.55. The van der Waals surface area contributed by atoms with Crippen LogP contribution in [0.15, 0.2) is 30.5 Å². The Labute approximate surface area is 144 Å². The Hall–Kier alpha value is -1.93. The van der Waals surface area contributed by atoms with Crippen LogP contribution in [-0.2, 0) is 13.1 Å². The number of thioether (sulfide) groups is 1. The molecule has 128 valence electrons. The molecule has 1 saturated heterocycles. The topological polar surface area (TPSA) is 63.1 Å². The number of rotatable bonds is 6. The average Bonchev–Trinajstić information content (AvgIpc) is 3.09. The summed E-state index contributed by atoms with van der Waals surface area (Å²) in [7, 11) is 0. The van der Waals surface area contributed by atoms with Gasteiger partial charge in [0.25, 0.3) is 5.91 Å². The van der Waals surface area contributed by atoms with E-state index in [0.29, 0.717) is 25.3 Å². The highest BCUT2D eigenvalue weighted by Gasteiger charge is 2.20. The fraction of sp³-hybridized carbons (Fsp3) is 0.438. The normalized spacial score (nSPS) is 14.8. The number of hydrogen-bond donors (Lipinski definition) is 1. The molecule has 6 nitrogen and oxygen atoms in total. The van der Waals surface area contributed by atoms with E-state index in [9.17, 15) is 9.18 Å². The Bertz CT molecular complexity index is 669. The first-order valence-electron chi connectivity index (χ1n) is 7.95. The van der Waals surface area contributed by atoms with Gasteiger partial charge in [-0.2, -0.15) is 11.8 Å². The molecule has 1 fully saturated rings. The molecule has 1 aromatic heterocycles. The predicted molar refractivity (Wildman–Crippen MR) is 91.4 cm³/mol. The molecule has 0 radical (unpaired) electrons. The van der Waals surface area contributed by atoms with E-state index >= 15 is 0 Å². The van der Waals surface area contributed by atoms with Gasteiger partial charge in [-0.3, -0.25) is 9.48 Å². The van der Waals surface area contributed by atoms with Crippen LogP contribution >= 0.6 is 11.8 Å². The Morgan fingerprint density at radius 3 is 2.75 bits per heavy atom. The monoisotopic (exact) mass is 349 g/mol. The summed E-state index contributed by atoms with van der Waals surface area (Å²) < 4.78 is 14.5. The Kier molecular flexibility index (Phi) is 5.81. The fourth-order valence-corrected chi connectivity index (χ4v) is 3.37. The smallest absolute Gasteiger partial charge is 0.276 e. The van der Waals surface area contributed by atoms with Gasteiger partial charge in [0.15, 0.2) is 5.69 Å². The van der Waals surface area contributed by atoms with Gasteiger partial charge in [-0.05, 0) is 17.7 Å². The van der Waals surface area contributed by atoms with Crippen molar-refractivity contribution < 1.29 is 9.18 Å². The van der Waals surface area contributed by atoms with Crippen LogP contribution in [0.2, 0.25) is 0 Å². The number of carbonyl (C=O) groups excluding carboxylic acids is 1. The molecule has 1 aliphatic rings. The molecule has 3 rings (SSSR count). The second-order valence-electron chi connectivity index (χ2n) is 5.57. The van der Waals surface area contributed by atoms with Crippen LogP contribution in [0.3, 0.4) is 0 Å². The van der Waals surface area contributed by atoms with Gasteiger partial charge < -0.3 is 10.2 Å². The van der Waals surface area contributed by atoms with Crippen molar-refractivity contribution in [3.05, 3.63) is 47.5 Å². The van der Waals surface area contributed by atoms with Crippen molar-refractivity contribution in [2.24, 2.45) is 0 Å². The Balaban J connectivity index is 1.44. The molecule has 1 amide bonds. The second-order valence-corrected chi connectivity index (χ2v) is 6.80. The predicted octanol–water partition coefficient (Wildman–Crippen LogP) is 1.40. The molecular formula is C16H20FN5OS. The zero-order valence-corrected chi connectivity index (χ0v) is 14.1. The van der Waals surface area contributed by atoms with E-state index in [2.05, 4.69) is 15.6 Å². The summed E-state index contributed by atoms with van der Waals surface area (Å²) in [6, 6.07) is 6.41. The first-order valence-corrected chi connectivity index (χ1v) is 9.10. The van der Waals surface area contributed by atoms with Crippen molar-refractivity contribution in [3.63, 3.8) is 0 Å². The zero-order chi connectivity index (χ0) is 16.8. The minimum Gasteiger partial charge on any atom is -0.336 e. The van der Waals surface area contributed by atoms with Crippen LogP contribution in [0.25, 0.3) is 0 Å². The highest BCUT2D eigenvalue weighted by molar-refractivity contribution is 7.99. The van der Waals surface area contributed by atoms with Gasteiger partial charge in [-0.25, -0.2) is 4.39 Å². The molecule has 0 bridgehead atoms. The van der Waals surface area contributed by atoms with Crippen LogP contribution in [0.4, 0.5) is 4.39 Å². The quantitative estimate of drug-likeness (QED) is 0.799. The number of amides is 1. The fourth-order valence-electron chi connectivity index (χ4n) is 2.46. The van der Waals surface area contributed by atoms with Crippen LogP contribution in [0.1, 0.15) is 16.1 Å². The number of halogens is 1. The number of aromatic nitrogens is 3. The van der Waals surface area contributed by atoms with E-state index in [-0.39, 0.29) is 11.7 Å². The number of nitrogens with one attached hydrogen (secondary N) is 1. The van der Waals surface area contributed by atoms with Crippen molar-refractivity contribution in [1.29, 1.82) is 0 Å². The van der Waals surface area contributed by atoms with Crippen LogP contribution < -0.4 is 5.32 Å². The Morgan fingerprint density at radius 2 is 2.00 bits per heavy atom. The molecular weight excluding hydrogens is 329 g/mol. The summed E-state index contributed by atoms with van der Waals surface area (Å²) in [6.45, 7) is 3.52. The highest BCUT2D eigenvalue weighted by atomic mass is 32.2. The van der Waals surface area contributed by atoms with Gasteiger partial charge in [0.2, 0.25) is 0 Å². The van der Waals surface area contributed by atoms with Crippen molar-refractivity contribution >= 4 is 17.7 Å². The average molecular weight is 349 g/mol. The molecule has 2 aromatic rings. The zero-order valence-electron chi connectivity index (χ0n) is 13.3. The minimum absolute atomic E-state index is 0.0409. The Morgan fingerprint density at radius 1 is 1.25 bits per heavy atom. The van der Waals surface area contributed by atoms with E-state index < -0.39 is 0 Å². The molecule has 0 unspecified atom stereocenters. The molecule has 0 atom stereocenters. The summed E-state index contributed by atoms with van der Waals surface area (Å²) in [4.78, 5) is 14.1. The third-order valence-corrected chi connectivity index (χ3v) is 4.76. The standard InChI is InChI=1S/C16H20FN5OS/c17-14-3-1-13(2-4-14)11-18-5-6-22-12-15(19-20-22)16(23)21-7-9-24-10-8-21/h1-4,12,18H,5-11H2. The first-order chi connectivity index (χ1) is 11.7. The van der Waals surface area contributed by atoms with E-state index in [4.69, 9.17) is 0 Å². The van der Waals surface area contributed by atoms with E-state index in [1.807, 2.05) is 16.7 Å². The SMILES string of the molecule is O=C(c1cn(CCNCc2ccc(F)cc2)nn1)N1CCSCC1. The molecule has 1 aromatic carbocycles. The number of nitrogens with zero attached hydrogens (tertiary/aromatic N) is 4. The van der Waals surface area contributed by atoms with E-state index in [1.54, 1.807) is 23.0 Å². The summed E-state index contributed by atoms with van der Waals surface area (Å²) in [5, 5.41) is 11.3. The maximum atomic E-state index is 12.8. The molecule has 0 saturated carbocycles. The van der Waals surface area contributed by atoms with Crippen molar-refractivity contribution in [2.45, 2.75) is 13.1 Å². The number of benzene rings is 1. The molecule has 0 aliphatic carbocycles. The van der Waals surface area contributed by atoms with Gasteiger partial charge in [0.1, 0.15) is 5.82 Å². The lowest BCUT2D eigenvalue weighted by Gasteiger charge is -2.25. The largest absolute Gasteiger partial charge is 0.336 e. The van der Waals surface area contributed by atoms with Gasteiger partial charge in [0, 0.05) is 37.7 Å². The van der Waals surface area contributed by atoms with Crippen molar-refractivity contribution in [1.82, 2.24) is 25.2 Å². The summed E-state index contributed by atoms with van der Waals surface area (Å²) in [6.07, 6.45) is 1.70.